The lowest BCUT2D eigenvalue weighted by Gasteiger charge is -2.09. The third-order valence-electron chi connectivity index (χ3n) is 7.56. The van der Waals surface area contributed by atoms with E-state index in [2.05, 4.69) is 13.5 Å². The van der Waals surface area contributed by atoms with Crippen LogP contribution in [0.25, 0.3) is 0 Å². The molecule has 0 saturated carbocycles. The Hall–Kier alpha value is -1.11. The molecular weight excluding hydrogens is 616 g/mol. The molecule has 0 saturated heterocycles. The Labute approximate surface area is 294 Å². The molecule has 0 fully saturated rings. The van der Waals surface area contributed by atoms with Gasteiger partial charge in [-0.25, -0.2) is 4.79 Å². The largest absolute Gasteiger partial charge is 0.460 e. The highest BCUT2D eigenvalue weighted by atomic mass is 16.6. The normalized spacial score (nSPS) is 11.4. The highest BCUT2D eigenvalue weighted by Gasteiger charge is 2.02. The molecule has 0 aliphatic rings. The van der Waals surface area contributed by atoms with Crippen LogP contribution in [0.4, 0.5) is 0 Å². The first-order valence-electron chi connectivity index (χ1n) is 19.1. The van der Waals surface area contributed by atoms with Gasteiger partial charge < -0.3 is 42.6 Å². The Kier molecular flexibility index (Phi) is 41.1. The van der Waals surface area contributed by atoms with E-state index < -0.39 is 5.97 Å². The minimum atomic E-state index is -0.405. The second-order valence-electron chi connectivity index (χ2n) is 12.1. The molecule has 10 nitrogen and oxygen atoms in total. The highest BCUT2D eigenvalue weighted by Crippen LogP contribution is 2.13. The number of carbonyl (C=O) groups is 1. The zero-order chi connectivity index (χ0) is 34.9. The van der Waals surface area contributed by atoms with Crippen LogP contribution in [0.3, 0.4) is 0 Å². The van der Waals surface area contributed by atoms with Gasteiger partial charge in [0.15, 0.2) is 0 Å². The molecule has 0 N–H and O–H groups in total. The van der Waals surface area contributed by atoms with Gasteiger partial charge in [0, 0.05) is 12.2 Å². The smallest absolute Gasteiger partial charge is 0.333 e. The van der Waals surface area contributed by atoms with Crippen molar-refractivity contribution in [1.82, 2.24) is 0 Å². The number of ether oxygens (including phenoxy) is 9. The standard InChI is InChI=1S/C38H74O10/c1-4-5-6-7-8-9-10-11-12-13-14-15-16-17-18-19-20-40-21-22-41-23-24-42-25-26-43-27-28-44-29-30-45-31-32-46-33-34-47-35-36-48-38(39)37(2)3/h2,4-36H2,1,3H3. The molecule has 0 rings (SSSR count). The SMILES string of the molecule is C=C(C)C(=O)OCCOCCOCCOCCOCCOCCOCCOCCOCCCCCCCCCCCCCCCCCC. The Bertz CT molecular complexity index is 649. The predicted octanol–water partition coefficient (Wildman–Crippen LogP) is 7.50. The number of unbranched alkanes of at least 4 members (excludes halogenated alkanes) is 15. The molecule has 0 aliphatic heterocycles. The van der Waals surface area contributed by atoms with Gasteiger partial charge >= 0.3 is 5.97 Å². The van der Waals surface area contributed by atoms with Crippen molar-refractivity contribution in [3.63, 3.8) is 0 Å². The van der Waals surface area contributed by atoms with Crippen LogP contribution in [-0.4, -0.2) is 118 Å². The van der Waals surface area contributed by atoms with Crippen molar-refractivity contribution in [2.75, 3.05) is 112 Å². The molecule has 0 aliphatic carbocycles. The second kappa shape index (κ2) is 42.1. The molecule has 0 aromatic rings. The molecule has 286 valence electrons. The third kappa shape index (κ3) is 41.1. The topological polar surface area (TPSA) is 100 Å². The first-order valence-corrected chi connectivity index (χ1v) is 19.1. The summed E-state index contributed by atoms with van der Waals surface area (Å²) in [5.74, 6) is -0.405. The van der Waals surface area contributed by atoms with E-state index in [-0.39, 0.29) is 6.61 Å². The van der Waals surface area contributed by atoms with Crippen molar-refractivity contribution in [3.05, 3.63) is 12.2 Å². The van der Waals surface area contributed by atoms with Gasteiger partial charge in [-0.05, 0) is 13.3 Å². The molecule has 0 aromatic heterocycles. The zero-order valence-corrected chi connectivity index (χ0v) is 31.1. The zero-order valence-electron chi connectivity index (χ0n) is 31.1. The van der Waals surface area contributed by atoms with Crippen molar-refractivity contribution < 1.29 is 47.4 Å². The number of hydrogen-bond acceptors (Lipinski definition) is 10. The fourth-order valence-electron chi connectivity index (χ4n) is 4.71. The van der Waals surface area contributed by atoms with Crippen LogP contribution in [0.5, 0.6) is 0 Å². The predicted molar refractivity (Wildman–Crippen MR) is 192 cm³/mol. The van der Waals surface area contributed by atoms with E-state index in [1.807, 2.05) is 0 Å². The van der Waals surface area contributed by atoms with E-state index in [0.717, 1.165) is 13.0 Å². The van der Waals surface area contributed by atoms with Gasteiger partial charge in [0.05, 0.1) is 99.1 Å². The molecule has 10 heteroatoms. The fraction of sp³-hybridized carbons (Fsp3) is 0.921. The van der Waals surface area contributed by atoms with Gasteiger partial charge in [0.1, 0.15) is 6.61 Å². The number of hydrogen-bond donors (Lipinski definition) is 0. The summed E-state index contributed by atoms with van der Waals surface area (Å²) in [5.41, 5.74) is 0.377. The molecule has 0 atom stereocenters. The van der Waals surface area contributed by atoms with Gasteiger partial charge in [-0.2, -0.15) is 0 Å². The van der Waals surface area contributed by atoms with Crippen molar-refractivity contribution in [2.45, 2.75) is 117 Å². The molecule has 0 aromatic carbocycles. The highest BCUT2D eigenvalue weighted by molar-refractivity contribution is 5.86. The Morgan fingerprint density at radius 3 is 0.854 bits per heavy atom. The van der Waals surface area contributed by atoms with E-state index >= 15 is 0 Å². The maximum atomic E-state index is 11.2. The molecule has 0 spiro atoms. The van der Waals surface area contributed by atoms with Crippen molar-refractivity contribution in [1.29, 1.82) is 0 Å². The van der Waals surface area contributed by atoms with Gasteiger partial charge in [-0.3, -0.25) is 0 Å². The summed E-state index contributed by atoms with van der Waals surface area (Å²) in [6.45, 7) is 16.1. The average Bonchev–Trinajstić information content (AvgIpc) is 3.08. The quantitative estimate of drug-likeness (QED) is 0.0364. The summed E-state index contributed by atoms with van der Waals surface area (Å²) < 4.78 is 48.9. The summed E-state index contributed by atoms with van der Waals surface area (Å²) in [7, 11) is 0. The lowest BCUT2D eigenvalue weighted by atomic mass is 10.0. The van der Waals surface area contributed by atoms with Gasteiger partial charge in [-0.15, -0.1) is 0 Å². The minimum absolute atomic E-state index is 0.208. The molecule has 48 heavy (non-hydrogen) atoms. The van der Waals surface area contributed by atoms with Crippen LogP contribution in [0, 0.1) is 0 Å². The second-order valence-corrected chi connectivity index (χ2v) is 12.1. The van der Waals surface area contributed by atoms with E-state index in [9.17, 15) is 4.79 Å². The molecule has 0 bridgehead atoms. The van der Waals surface area contributed by atoms with E-state index in [4.69, 9.17) is 42.6 Å². The van der Waals surface area contributed by atoms with Gasteiger partial charge in [0.2, 0.25) is 0 Å². The van der Waals surface area contributed by atoms with Crippen molar-refractivity contribution in [3.8, 4) is 0 Å². The van der Waals surface area contributed by atoms with Crippen LogP contribution in [0.1, 0.15) is 117 Å². The summed E-state index contributed by atoms with van der Waals surface area (Å²) in [4.78, 5) is 11.2. The number of rotatable bonds is 42. The minimum Gasteiger partial charge on any atom is -0.460 e. The molecule has 0 amide bonds. The maximum Gasteiger partial charge on any atom is 0.333 e. The summed E-state index contributed by atoms with van der Waals surface area (Å²) in [6, 6.07) is 0. The Morgan fingerprint density at radius 1 is 0.354 bits per heavy atom. The lowest BCUT2D eigenvalue weighted by molar-refractivity contribution is -0.140. The maximum absolute atomic E-state index is 11.2. The average molecular weight is 691 g/mol. The van der Waals surface area contributed by atoms with Gasteiger partial charge in [0.25, 0.3) is 0 Å². The van der Waals surface area contributed by atoms with Crippen molar-refractivity contribution in [2.24, 2.45) is 0 Å². The van der Waals surface area contributed by atoms with Crippen LogP contribution in [0.2, 0.25) is 0 Å². The molecular formula is C38H74O10. The third-order valence-corrected chi connectivity index (χ3v) is 7.56. The van der Waals surface area contributed by atoms with E-state index in [0.29, 0.717) is 105 Å². The number of esters is 1. The molecule has 0 radical (unpaired) electrons. The van der Waals surface area contributed by atoms with Crippen LogP contribution in [0.15, 0.2) is 12.2 Å². The molecule has 0 unspecified atom stereocenters. The number of carbonyl (C=O) groups excluding carboxylic acids is 1. The van der Waals surface area contributed by atoms with Crippen molar-refractivity contribution >= 4 is 5.97 Å². The first-order chi connectivity index (χ1) is 23.7. The Balaban J connectivity index is 3.07. The Morgan fingerprint density at radius 2 is 0.583 bits per heavy atom. The van der Waals surface area contributed by atoms with Crippen LogP contribution in [-0.2, 0) is 47.4 Å². The van der Waals surface area contributed by atoms with Gasteiger partial charge in [-0.1, -0.05) is 110 Å². The fourth-order valence-corrected chi connectivity index (χ4v) is 4.71. The summed E-state index contributed by atoms with van der Waals surface area (Å²) in [6.07, 6.45) is 22.2. The van der Waals surface area contributed by atoms with E-state index in [1.165, 1.54) is 96.3 Å². The first kappa shape index (κ1) is 46.9. The van der Waals surface area contributed by atoms with Crippen LogP contribution >= 0.6 is 0 Å². The van der Waals surface area contributed by atoms with E-state index in [1.54, 1.807) is 6.92 Å². The summed E-state index contributed by atoms with van der Waals surface area (Å²) in [5, 5.41) is 0. The molecule has 0 heterocycles. The monoisotopic (exact) mass is 691 g/mol. The summed E-state index contributed by atoms with van der Waals surface area (Å²) >= 11 is 0. The lowest BCUT2D eigenvalue weighted by Crippen LogP contribution is -2.15. The van der Waals surface area contributed by atoms with Crippen LogP contribution < -0.4 is 0 Å².